The molecule has 0 saturated carbocycles. The number of piperidine rings is 1. The number of nitrogens with one attached hydrogen (secondary N) is 1. The highest BCUT2D eigenvalue weighted by molar-refractivity contribution is 5.48. The molecule has 1 aromatic rings. The van der Waals surface area contributed by atoms with Crippen LogP contribution in [0, 0.1) is 5.92 Å². The highest BCUT2D eigenvalue weighted by atomic mass is 15.2. The zero-order valence-electron chi connectivity index (χ0n) is 11.8. The molecule has 0 aromatic carbocycles. The van der Waals surface area contributed by atoms with E-state index in [0.717, 1.165) is 37.8 Å². The molecule has 1 aliphatic rings. The Hall–Kier alpha value is -1.36. The molecule has 1 saturated heterocycles. The van der Waals surface area contributed by atoms with E-state index in [4.69, 9.17) is 5.73 Å². The molecule has 1 fully saturated rings. The van der Waals surface area contributed by atoms with Gasteiger partial charge < -0.3 is 16.0 Å². The van der Waals surface area contributed by atoms with Crippen molar-refractivity contribution in [3.8, 4) is 0 Å². The van der Waals surface area contributed by atoms with E-state index >= 15 is 0 Å². The van der Waals surface area contributed by atoms with Crippen LogP contribution in [0.3, 0.4) is 0 Å². The summed E-state index contributed by atoms with van der Waals surface area (Å²) in [5.74, 6) is 2.64. The molecule has 5 heteroatoms. The molecular weight excluding hydrogens is 238 g/mol. The van der Waals surface area contributed by atoms with Crippen molar-refractivity contribution < 1.29 is 0 Å². The van der Waals surface area contributed by atoms with Gasteiger partial charge in [0.2, 0.25) is 0 Å². The maximum Gasteiger partial charge on any atom is 0.134 e. The SMILES string of the molecule is CCCCNc1cc(N2CCC(CN)CC2)ncn1. The average Bonchev–Trinajstić information content (AvgIpc) is 2.48. The Kier molecular flexibility index (Phi) is 5.39. The summed E-state index contributed by atoms with van der Waals surface area (Å²) in [4.78, 5) is 11.0. The minimum absolute atomic E-state index is 0.681. The van der Waals surface area contributed by atoms with Crippen molar-refractivity contribution in [3.05, 3.63) is 12.4 Å². The Bertz CT molecular complexity index is 374. The van der Waals surface area contributed by atoms with Gasteiger partial charge in [-0.3, -0.25) is 0 Å². The lowest BCUT2D eigenvalue weighted by atomic mass is 9.97. The normalized spacial score (nSPS) is 16.6. The molecule has 1 aliphatic heterocycles. The molecule has 0 atom stereocenters. The van der Waals surface area contributed by atoms with Crippen molar-refractivity contribution in [1.29, 1.82) is 0 Å². The number of hydrogen-bond acceptors (Lipinski definition) is 5. The Morgan fingerprint density at radius 2 is 2.16 bits per heavy atom. The van der Waals surface area contributed by atoms with E-state index in [9.17, 15) is 0 Å². The molecule has 0 spiro atoms. The smallest absolute Gasteiger partial charge is 0.134 e. The molecule has 2 heterocycles. The third-order valence-electron chi connectivity index (χ3n) is 3.76. The van der Waals surface area contributed by atoms with Crippen molar-refractivity contribution in [2.45, 2.75) is 32.6 Å². The fraction of sp³-hybridized carbons (Fsp3) is 0.714. The highest BCUT2D eigenvalue weighted by Gasteiger charge is 2.19. The lowest BCUT2D eigenvalue weighted by Gasteiger charge is -2.32. The Balaban J connectivity index is 1.91. The molecule has 5 nitrogen and oxygen atoms in total. The maximum atomic E-state index is 5.73. The summed E-state index contributed by atoms with van der Waals surface area (Å²) in [6.45, 7) is 6.07. The minimum atomic E-state index is 0.681. The first-order chi connectivity index (χ1) is 9.33. The van der Waals surface area contributed by atoms with Gasteiger partial charge in [-0.05, 0) is 31.7 Å². The molecular formula is C14H25N5. The number of nitrogens with zero attached hydrogens (tertiary/aromatic N) is 3. The number of hydrogen-bond donors (Lipinski definition) is 2. The molecule has 2 rings (SSSR count). The molecule has 3 N–H and O–H groups in total. The molecule has 19 heavy (non-hydrogen) atoms. The van der Waals surface area contributed by atoms with E-state index in [1.54, 1.807) is 6.33 Å². The molecule has 1 aromatic heterocycles. The predicted octanol–water partition coefficient (Wildman–Crippen LogP) is 1.86. The topological polar surface area (TPSA) is 67.1 Å². The largest absolute Gasteiger partial charge is 0.370 e. The van der Waals surface area contributed by atoms with E-state index in [0.29, 0.717) is 5.92 Å². The monoisotopic (exact) mass is 263 g/mol. The summed E-state index contributed by atoms with van der Waals surface area (Å²) in [6, 6.07) is 2.05. The molecule has 106 valence electrons. The van der Waals surface area contributed by atoms with Crippen molar-refractivity contribution in [2.75, 3.05) is 36.4 Å². The molecule has 0 unspecified atom stereocenters. The van der Waals surface area contributed by atoms with Gasteiger partial charge in [0.1, 0.15) is 18.0 Å². The van der Waals surface area contributed by atoms with Gasteiger partial charge in [0.15, 0.2) is 0 Å². The van der Waals surface area contributed by atoms with E-state index in [-0.39, 0.29) is 0 Å². The fourth-order valence-corrected chi connectivity index (χ4v) is 2.41. The molecule has 0 amide bonds. The van der Waals surface area contributed by atoms with Gasteiger partial charge in [-0.25, -0.2) is 9.97 Å². The summed E-state index contributed by atoms with van der Waals surface area (Å²) in [6.07, 6.45) is 6.34. The number of rotatable bonds is 6. The number of anilines is 2. The average molecular weight is 263 g/mol. The summed E-state index contributed by atoms with van der Waals surface area (Å²) >= 11 is 0. The number of nitrogens with two attached hydrogens (primary N) is 1. The minimum Gasteiger partial charge on any atom is -0.370 e. The van der Waals surface area contributed by atoms with Crippen LogP contribution in [0.4, 0.5) is 11.6 Å². The lowest BCUT2D eigenvalue weighted by molar-refractivity contribution is 0.413. The van der Waals surface area contributed by atoms with Gasteiger partial charge in [-0.15, -0.1) is 0 Å². The van der Waals surface area contributed by atoms with Crippen LogP contribution in [0.25, 0.3) is 0 Å². The molecule has 0 bridgehead atoms. The quantitative estimate of drug-likeness (QED) is 0.767. The van der Waals surface area contributed by atoms with E-state index in [2.05, 4.69) is 33.2 Å². The zero-order chi connectivity index (χ0) is 13.5. The first-order valence-corrected chi connectivity index (χ1v) is 7.34. The third kappa shape index (κ3) is 4.06. The molecule has 0 aliphatic carbocycles. The second-order valence-electron chi connectivity index (χ2n) is 5.21. The van der Waals surface area contributed by atoms with Crippen LogP contribution in [-0.2, 0) is 0 Å². The summed E-state index contributed by atoms with van der Waals surface area (Å²) < 4.78 is 0. The van der Waals surface area contributed by atoms with Crippen LogP contribution in [0.15, 0.2) is 12.4 Å². The van der Waals surface area contributed by atoms with Gasteiger partial charge >= 0.3 is 0 Å². The Morgan fingerprint density at radius 1 is 1.37 bits per heavy atom. The van der Waals surface area contributed by atoms with E-state index < -0.39 is 0 Å². The van der Waals surface area contributed by atoms with Gasteiger partial charge in [-0.2, -0.15) is 0 Å². The van der Waals surface area contributed by atoms with Gasteiger partial charge in [-0.1, -0.05) is 13.3 Å². The second-order valence-corrected chi connectivity index (χ2v) is 5.21. The van der Waals surface area contributed by atoms with Gasteiger partial charge in [0.25, 0.3) is 0 Å². The molecule has 0 radical (unpaired) electrons. The second kappa shape index (κ2) is 7.28. The van der Waals surface area contributed by atoms with Crippen LogP contribution in [-0.4, -0.2) is 36.1 Å². The van der Waals surface area contributed by atoms with Crippen LogP contribution >= 0.6 is 0 Å². The maximum absolute atomic E-state index is 5.73. The van der Waals surface area contributed by atoms with Crippen LogP contribution in [0.2, 0.25) is 0 Å². The predicted molar refractivity (Wildman–Crippen MR) is 79.4 cm³/mol. The van der Waals surface area contributed by atoms with Crippen LogP contribution < -0.4 is 16.0 Å². The van der Waals surface area contributed by atoms with Crippen LogP contribution in [0.1, 0.15) is 32.6 Å². The van der Waals surface area contributed by atoms with Crippen molar-refractivity contribution in [2.24, 2.45) is 11.7 Å². The van der Waals surface area contributed by atoms with E-state index in [1.807, 2.05) is 0 Å². The fourth-order valence-electron chi connectivity index (χ4n) is 2.41. The first kappa shape index (κ1) is 14.1. The lowest BCUT2D eigenvalue weighted by Crippen LogP contribution is -2.36. The Labute approximate surface area is 115 Å². The number of aromatic nitrogens is 2. The van der Waals surface area contributed by atoms with Crippen molar-refractivity contribution in [1.82, 2.24) is 9.97 Å². The summed E-state index contributed by atoms with van der Waals surface area (Å²) in [7, 11) is 0. The van der Waals surface area contributed by atoms with Gasteiger partial charge in [0, 0.05) is 25.7 Å². The first-order valence-electron chi connectivity index (χ1n) is 7.34. The number of unbranched alkanes of at least 4 members (excludes halogenated alkanes) is 1. The van der Waals surface area contributed by atoms with E-state index in [1.165, 1.54) is 25.7 Å². The third-order valence-corrected chi connectivity index (χ3v) is 3.76. The summed E-state index contributed by atoms with van der Waals surface area (Å²) in [5, 5.41) is 3.35. The van der Waals surface area contributed by atoms with Gasteiger partial charge in [0.05, 0.1) is 0 Å². The zero-order valence-corrected chi connectivity index (χ0v) is 11.8. The standard InChI is InChI=1S/C14H25N5/c1-2-3-6-16-13-9-14(18-11-17-13)19-7-4-12(10-15)5-8-19/h9,11-12H,2-8,10,15H2,1H3,(H,16,17,18). The Morgan fingerprint density at radius 3 is 2.84 bits per heavy atom. The van der Waals surface area contributed by atoms with Crippen molar-refractivity contribution >= 4 is 11.6 Å². The van der Waals surface area contributed by atoms with Crippen LogP contribution in [0.5, 0.6) is 0 Å². The summed E-state index contributed by atoms with van der Waals surface area (Å²) in [5.41, 5.74) is 5.73. The van der Waals surface area contributed by atoms with Crippen molar-refractivity contribution in [3.63, 3.8) is 0 Å². The highest BCUT2D eigenvalue weighted by Crippen LogP contribution is 2.22.